The monoisotopic (exact) mass is 360 g/mol. The largest absolute Gasteiger partial charge is 0.342 e. The fourth-order valence-corrected chi connectivity index (χ4v) is 4.65. The molecule has 1 spiro atoms. The van der Waals surface area contributed by atoms with E-state index in [1.54, 1.807) is 0 Å². The lowest BCUT2D eigenvalue weighted by atomic mass is 9.73. The van der Waals surface area contributed by atoms with E-state index in [0.717, 1.165) is 69.6 Å². The molecule has 3 fully saturated rings. The number of hydrogen-bond donors (Lipinski definition) is 0. The first-order valence-corrected chi connectivity index (χ1v) is 10.3. The summed E-state index contributed by atoms with van der Waals surface area (Å²) in [5, 5.41) is 4.18. The van der Waals surface area contributed by atoms with E-state index < -0.39 is 0 Å². The number of aromatic nitrogens is 2. The summed E-state index contributed by atoms with van der Waals surface area (Å²) in [5.41, 5.74) is 0.269. The second kappa shape index (κ2) is 7.29. The summed E-state index contributed by atoms with van der Waals surface area (Å²) in [4.78, 5) is 21.5. The number of likely N-dealkylation sites (tertiary alicyclic amines) is 2. The third-order valence-electron chi connectivity index (χ3n) is 6.12. The van der Waals surface area contributed by atoms with Crippen LogP contribution in [0.4, 0.5) is 0 Å². The van der Waals surface area contributed by atoms with Gasteiger partial charge in [0.1, 0.15) is 0 Å². The van der Waals surface area contributed by atoms with Crippen molar-refractivity contribution in [2.24, 2.45) is 17.3 Å². The Labute approximate surface area is 156 Å². The van der Waals surface area contributed by atoms with Gasteiger partial charge in [0.25, 0.3) is 0 Å². The number of carbonyl (C=O) groups is 1. The van der Waals surface area contributed by atoms with Crippen LogP contribution in [0.15, 0.2) is 4.52 Å². The number of hydrogen-bond acceptors (Lipinski definition) is 5. The van der Waals surface area contributed by atoms with E-state index in [4.69, 9.17) is 4.52 Å². The van der Waals surface area contributed by atoms with Crippen LogP contribution in [0.5, 0.6) is 0 Å². The topological polar surface area (TPSA) is 62.5 Å². The molecule has 6 heteroatoms. The van der Waals surface area contributed by atoms with Gasteiger partial charge in [-0.05, 0) is 50.5 Å². The van der Waals surface area contributed by atoms with Gasteiger partial charge in [0.05, 0.1) is 6.54 Å². The van der Waals surface area contributed by atoms with Gasteiger partial charge in [-0.25, -0.2) is 0 Å². The lowest BCUT2D eigenvalue weighted by Gasteiger charge is -2.48. The Kier molecular flexibility index (Phi) is 5.04. The minimum Gasteiger partial charge on any atom is -0.342 e. The molecule has 1 amide bonds. The predicted molar refractivity (Wildman–Crippen MR) is 98.3 cm³/mol. The van der Waals surface area contributed by atoms with E-state index in [1.807, 2.05) is 0 Å². The van der Waals surface area contributed by atoms with Crippen LogP contribution >= 0.6 is 0 Å². The van der Waals surface area contributed by atoms with Crippen LogP contribution in [0, 0.1) is 17.3 Å². The SMILES string of the molecule is CC(C)Cc1nc(CN2CCCC3(CCC(=O)N(CC4CC4)C3)C2)no1. The van der Waals surface area contributed by atoms with Crippen LogP contribution in [0.25, 0.3) is 0 Å². The highest BCUT2D eigenvalue weighted by Crippen LogP contribution is 2.40. The Morgan fingerprint density at radius 2 is 2.12 bits per heavy atom. The van der Waals surface area contributed by atoms with Crippen molar-refractivity contribution in [3.8, 4) is 0 Å². The highest BCUT2D eigenvalue weighted by atomic mass is 16.5. The molecule has 1 aliphatic carbocycles. The number of nitrogens with zero attached hydrogens (tertiary/aromatic N) is 4. The minimum atomic E-state index is 0.269. The highest BCUT2D eigenvalue weighted by molar-refractivity contribution is 5.77. The Hall–Kier alpha value is -1.43. The standard InChI is InChI=1S/C20H32N4O2/c1-15(2)10-18-21-17(22-26-18)12-23-9-3-7-20(13-23)8-6-19(25)24(14-20)11-16-4-5-16/h15-16H,3-14H2,1-2H3. The zero-order chi connectivity index (χ0) is 18.1. The Bertz CT molecular complexity index is 640. The Balaban J connectivity index is 1.37. The zero-order valence-electron chi connectivity index (χ0n) is 16.2. The zero-order valence-corrected chi connectivity index (χ0v) is 16.2. The summed E-state index contributed by atoms with van der Waals surface area (Å²) < 4.78 is 5.40. The van der Waals surface area contributed by atoms with E-state index in [-0.39, 0.29) is 5.41 Å². The molecule has 144 valence electrons. The van der Waals surface area contributed by atoms with Crippen molar-refractivity contribution >= 4 is 5.91 Å². The second-order valence-electron chi connectivity index (χ2n) is 9.23. The maximum absolute atomic E-state index is 12.3. The molecule has 0 N–H and O–H groups in total. The molecule has 0 radical (unpaired) electrons. The number of piperidine rings is 2. The normalized spacial score (nSPS) is 27.7. The molecule has 3 heterocycles. The average Bonchev–Trinajstić information content (AvgIpc) is 3.30. The quantitative estimate of drug-likeness (QED) is 0.780. The van der Waals surface area contributed by atoms with Gasteiger partial charge < -0.3 is 9.42 Å². The first-order valence-electron chi connectivity index (χ1n) is 10.3. The van der Waals surface area contributed by atoms with Gasteiger partial charge in [-0.3, -0.25) is 9.69 Å². The Morgan fingerprint density at radius 3 is 2.88 bits per heavy atom. The summed E-state index contributed by atoms with van der Waals surface area (Å²) in [5.74, 6) is 3.22. The van der Waals surface area contributed by atoms with Crippen molar-refractivity contribution in [3.05, 3.63) is 11.7 Å². The molecule has 1 aromatic heterocycles. The fourth-order valence-electron chi connectivity index (χ4n) is 4.65. The van der Waals surface area contributed by atoms with Gasteiger partial charge in [0.2, 0.25) is 11.8 Å². The van der Waals surface area contributed by atoms with E-state index >= 15 is 0 Å². The molecule has 2 saturated heterocycles. The van der Waals surface area contributed by atoms with Gasteiger partial charge in [-0.15, -0.1) is 0 Å². The first-order chi connectivity index (χ1) is 12.5. The summed E-state index contributed by atoms with van der Waals surface area (Å²) in [6.45, 7) is 9.17. The van der Waals surface area contributed by atoms with Crippen LogP contribution in [-0.4, -0.2) is 52.0 Å². The predicted octanol–water partition coefficient (Wildman–Crippen LogP) is 2.88. The fraction of sp³-hybridized carbons (Fsp3) is 0.850. The number of amides is 1. The third-order valence-corrected chi connectivity index (χ3v) is 6.12. The molecular formula is C20H32N4O2. The van der Waals surface area contributed by atoms with Crippen LogP contribution < -0.4 is 0 Å². The molecule has 4 rings (SSSR count). The molecule has 1 unspecified atom stereocenters. The van der Waals surface area contributed by atoms with Crippen molar-refractivity contribution in [3.63, 3.8) is 0 Å². The highest BCUT2D eigenvalue weighted by Gasteiger charge is 2.42. The summed E-state index contributed by atoms with van der Waals surface area (Å²) in [7, 11) is 0. The van der Waals surface area contributed by atoms with Gasteiger partial charge >= 0.3 is 0 Å². The Morgan fingerprint density at radius 1 is 1.27 bits per heavy atom. The molecule has 1 saturated carbocycles. The van der Waals surface area contributed by atoms with Gasteiger partial charge in [-0.1, -0.05) is 19.0 Å². The van der Waals surface area contributed by atoms with Crippen LogP contribution in [-0.2, 0) is 17.8 Å². The van der Waals surface area contributed by atoms with Crippen molar-refractivity contribution in [1.82, 2.24) is 19.9 Å². The van der Waals surface area contributed by atoms with Crippen LogP contribution in [0.2, 0.25) is 0 Å². The van der Waals surface area contributed by atoms with E-state index in [2.05, 4.69) is 33.8 Å². The minimum absolute atomic E-state index is 0.269. The lowest BCUT2D eigenvalue weighted by Crippen LogP contribution is -2.54. The lowest BCUT2D eigenvalue weighted by molar-refractivity contribution is -0.139. The molecule has 26 heavy (non-hydrogen) atoms. The smallest absolute Gasteiger partial charge is 0.226 e. The summed E-state index contributed by atoms with van der Waals surface area (Å²) in [6, 6.07) is 0. The second-order valence-corrected chi connectivity index (χ2v) is 9.23. The van der Waals surface area contributed by atoms with Gasteiger partial charge in [0.15, 0.2) is 5.82 Å². The number of carbonyl (C=O) groups excluding carboxylic acids is 1. The maximum atomic E-state index is 12.3. The average molecular weight is 361 g/mol. The van der Waals surface area contributed by atoms with E-state index in [9.17, 15) is 4.79 Å². The molecule has 1 aromatic rings. The third kappa shape index (κ3) is 4.27. The molecule has 0 bridgehead atoms. The van der Waals surface area contributed by atoms with Gasteiger partial charge in [0, 0.05) is 37.9 Å². The molecule has 2 aliphatic heterocycles. The molecule has 3 aliphatic rings. The molecule has 0 aromatic carbocycles. The van der Waals surface area contributed by atoms with Crippen molar-refractivity contribution in [2.75, 3.05) is 26.2 Å². The van der Waals surface area contributed by atoms with Gasteiger partial charge in [-0.2, -0.15) is 4.98 Å². The van der Waals surface area contributed by atoms with E-state index in [1.165, 1.54) is 25.7 Å². The molecule has 1 atom stereocenters. The van der Waals surface area contributed by atoms with Crippen molar-refractivity contribution in [2.45, 2.75) is 65.3 Å². The number of rotatable bonds is 6. The van der Waals surface area contributed by atoms with Crippen molar-refractivity contribution < 1.29 is 9.32 Å². The van der Waals surface area contributed by atoms with Crippen LogP contribution in [0.1, 0.15) is 64.1 Å². The summed E-state index contributed by atoms with van der Waals surface area (Å²) >= 11 is 0. The first kappa shape index (κ1) is 18.0. The molecule has 6 nitrogen and oxygen atoms in total. The van der Waals surface area contributed by atoms with Crippen molar-refractivity contribution in [1.29, 1.82) is 0 Å². The maximum Gasteiger partial charge on any atom is 0.226 e. The van der Waals surface area contributed by atoms with Crippen LogP contribution in [0.3, 0.4) is 0 Å². The molecular weight excluding hydrogens is 328 g/mol. The summed E-state index contributed by atoms with van der Waals surface area (Å²) in [6.07, 6.45) is 7.65. The van der Waals surface area contributed by atoms with E-state index in [0.29, 0.717) is 11.8 Å².